The second kappa shape index (κ2) is 12.6. The standard InChI is InChI=1S/C17H22N2O6S.C5H11N/c1-3-4-7-26(23,24)19-14(17(21)22)10-13-9-12-8-11(16(20)18-2)5-6-15(12)25-13;1-2-4-6-5-3-1/h5-6,8-9,14,19H,3-4,7,10H2,1-2H3,(H,18,20)(H,21,22);6H,1-5H2. The highest BCUT2D eigenvalue weighted by Gasteiger charge is 2.25. The SMILES string of the molecule is C1CCNCC1.CCCCS(=O)(=O)NC(Cc1cc2cc(C(=O)NC)ccc2o1)C(=O)O. The van der Waals surface area contributed by atoms with Crippen LogP contribution in [0.15, 0.2) is 28.7 Å². The van der Waals surface area contributed by atoms with Crippen LogP contribution in [-0.4, -0.2) is 57.3 Å². The van der Waals surface area contributed by atoms with E-state index in [9.17, 15) is 23.1 Å². The fraction of sp³-hybridized carbons (Fsp3) is 0.545. The predicted molar refractivity (Wildman–Crippen MR) is 123 cm³/mol. The van der Waals surface area contributed by atoms with Gasteiger partial charge in [0.1, 0.15) is 17.4 Å². The molecule has 0 saturated carbocycles. The van der Waals surface area contributed by atoms with Crippen molar-refractivity contribution >= 4 is 32.9 Å². The number of carboxylic acid groups (broad SMARTS) is 1. The van der Waals surface area contributed by atoms with E-state index in [1.54, 1.807) is 24.3 Å². The highest BCUT2D eigenvalue weighted by atomic mass is 32.2. The molecule has 3 rings (SSSR count). The van der Waals surface area contributed by atoms with Crippen LogP contribution in [0, 0.1) is 0 Å². The molecule has 0 bridgehead atoms. The molecule has 2 heterocycles. The summed E-state index contributed by atoms with van der Waals surface area (Å²) in [7, 11) is -2.16. The van der Waals surface area contributed by atoms with Crippen LogP contribution in [0.2, 0.25) is 0 Å². The number of benzene rings is 1. The van der Waals surface area contributed by atoms with Crippen molar-refractivity contribution in [3.8, 4) is 0 Å². The first-order valence-corrected chi connectivity index (χ1v) is 12.6. The van der Waals surface area contributed by atoms with Crippen LogP contribution >= 0.6 is 0 Å². The normalized spacial score (nSPS) is 14.9. The fourth-order valence-electron chi connectivity index (χ4n) is 3.28. The smallest absolute Gasteiger partial charge is 0.322 e. The van der Waals surface area contributed by atoms with Crippen LogP contribution in [0.4, 0.5) is 0 Å². The van der Waals surface area contributed by atoms with Gasteiger partial charge in [-0.1, -0.05) is 19.8 Å². The van der Waals surface area contributed by atoms with Gasteiger partial charge in [-0.2, -0.15) is 0 Å². The second-order valence-corrected chi connectivity index (χ2v) is 9.61. The first-order valence-electron chi connectivity index (χ1n) is 10.9. The van der Waals surface area contributed by atoms with E-state index >= 15 is 0 Å². The van der Waals surface area contributed by atoms with Gasteiger partial charge in [0.25, 0.3) is 5.91 Å². The number of amides is 1. The van der Waals surface area contributed by atoms with Crippen molar-refractivity contribution in [3.63, 3.8) is 0 Å². The summed E-state index contributed by atoms with van der Waals surface area (Å²) in [5.74, 6) is -1.33. The molecule has 10 heteroatoms. The van der Waals surface area contributed by atoms with Crippen LogP contribution < -0.4 is 15.4 Å². The van der Waals surface area contributed by atoms with E-state index in [4.69, 9.17) is 4.42 Å². The van der Waals surface area contributed by atoms with Gasteiger partial charge in [-0.3, -0.25) is 9.59 Å². The van der Waals surface area contributed by atoms with Crippen molar-refractivity contribution in [3.05, 3.63) is 35.6 Å². The zero-order chi connectivity index (χ0) is 23.6. The number of rotatable bonds is 9. The largest absolute Gasteiger partial charge is 0.480 e. The van der Waals surface area contributed by atoms with Gasteiger partial charge in [-0.25, -0.2) is 13.1 Å². The van der Waals surface area contributed by atoms with E-state index in [1.807, 2.05) is 6.92 Å². The lowest BCUT2D eigenvalue weighted by molar-refractivity contribution is -0.139. The Labute approximate surface area is 189 Å². The van der Waals surface area contributed by atoms with Crippen molar-refractivity contribution < 1.29 is 27.5 Å². The van der Waals surface area contributed by atoms with E-state index < -0.39 is 22.0 Å². The summed E-state index contributed by atoms with van der Waals surface area (Å²) in [6.07, 6.45) is 5.22. The van der Waals surface area contributed by atoms with E-state index in [2.05, 4.69) is 15.4 Å². The third kappa shape index (κ3) is 8.25. The van der Waals surface area contributed by atoms with E-state index in [0.29, 0.717) is 35.1 Å². The van der Waals surface area contributed by atoms with Crippen molar-refractivity contribution in [2.24, 2.45) is 0 Å². The number of hydrogen-bond acceptors (Lipinski definition) is 6. The third-order valence-corrected chi connectivity index (χ3v) is 6.53. The van der Waals surface area contributed by atoms with Crippen molar-refractivity contribution in [2.45, 2.75) is 51.5 Å². The molecule has 1 aromatic heterocycles. The fourth-order valence-corrected chi connectivity index (χ4v) is 4.68. The number of unbranched alkanes of at least 4 members (excludes halogenated alkanes) is 1. The number of piperidine rings is 1. The van der Waals surface area contributed by atoms with Gasteiger partial charge < -0.3 is 20.2 Å². The van der Waals surface area contributed by atoms with E-state index in [0.717, 1.165) is 0 Å². The number of furan rings is 1. The molecule has 32 heavy (non-hydrogen) atoms. The Bertz CT molecular complexity index is 987. The summed E-state index contributed by atoms with van der Waals surface area (Å²) in [4.78, 5) is 23.1. The minimum atomic E-state index is -3.68. The Kier molecular flexibility index (Phi) is 10.1. The second-order valence-electron chi connectivity index (χ2n) is 7.74. The minimum Gasteiger partial charge on any atom is -0.480 e. The molecule has 9 nitrogen and oxygen atoms in total. The lowest BCUT2D eigenvalue weighted by Crippen LogP contribution is -2.43. The Hall–Kier alpha value is -2.43. The first-order chi connectivity index (χ1) is 15.3. The number of sulfonamides is 1. The molecule has 4 N–H and O–H groups in total. The zero-order valence-corrected chi connectivity index (χ0v) is 19.5. The van der Waals surface area contributed by atoms with Gasteiger partial charge in [0, 0.05) is 24.4 Å². The topological polar surface area (TPSA) is 138 Å². The molecular weight excluding hydrogens is 434 g/mol. The van der Waals surface area contributed by atoms with Crippen LogP contribution in [0.3, 0.4) is 0 Å². The van der Waals surface area contributed by atoms with Gasteiger partial charge in [-0.05, 0) is 56.6 Å². The monoisotopic (exact) mass is 467 g/mol. The molecule has 2 aromatic rings. The summed E-state index contributed by atoms with van der Waals surface area (Å²) in [5, 5.41) is 15.8. The highest BCUT2D eigenvalue weighted by Crippen LogP contribution is 2.22. The molecule has 178 valence electrons. The maximum absolute atomic E-state index is 12.0. The van der Waals surface area contributed by atoms with Gasteiger partial charge >= 0.3 is 5.97 Å². The van der Waals surface area contributed by atoms with E-state index in [-0.39, 0.29) is 18.1 Å². The number of aliphatic carboxylic acids is 1. The van der Waals surface area contributed by atoms with Crippen molar-refractivity contribution in [2.75, 3.05) is 25.9 Å². The molecule has 1 amide bonds. The molecular formula is C22H33N3O6S. The first kappa shape index (κ1) is 25.8. The summed E-state index contributed by atoms with van der Waals surface area (Å²) in [6.45, 7) is 4.35. The Balaban J connectivity index is 0.000000520. The third-order valence-electron chi connectivity index (χ3n) is 5.06. The molecule has 1 unspecified atom stereocenters. The van der Waals surface area contributed by atoms with Crippen molar-refractivity contribution in [1.82, 2.24) is 15.4 Å². The zero-order valence-electron chi connectivity index (χ0n) is 18.6. The summed E-state index contributed by atoms with van der Waals surface area (Å²) >= 11 is 0. The molecule has 1 aromatic carbocycles. The van der Waals surface area contributed by atoms with Gasteiger partial charge in [0.2, 0.25) is 10.0 Å². The number of hydrogen-bond donors (Lipinski definition) is 4. The molecule has 0 aliphatic carbocycles. The molecule has 1 aliphatic heterocycles. The maximum atomic E-state index is 12.0. The Morgan fingerprint density at radius 2 is 1.91 bits per heavy atom. The molecule has 1 fully saturated rings. The van der Waals surface area contributed by atoms with Crippen molar-refractivity contribution in [1.29, 1.82) is 0 Å². The lowest BCUT2D eigenvalue weighted by atomic mass is 10.1. The summed E-state index contributed by atoms with van der Waals surface area (Å²) in [6, 6.07) is 5.12. The van der Waals surface area contributed by atoms with E-state index in [1.165, 1.54) is 39.4 Å². The van der Waals surface area contributed by atoms with Gasteiger partial charge in [-0.15, -0.1) is 0 Å². The molecule has 1 atom stereocenters. The molecule has 0 spiro atoms. The van der Waals surface area contributed by atoms with Crippen LogP contribution in [0.1, 0.15) is 55.1 Å². The number of carbonyl (C=O) groups is 2. The van der Waals surface area contributed by atoms with Crippen LogP contribution in [0.5, 0.6) is 0 Å². The summed E-state index contributed by atoms with van der Waals surface area (Å²) in [5.41, 5.74) is 0.938. The predicted octanol–water partition coefficient (Wildman–Crippen LogP) is 2.27. The lowest BCUT2D eigenvalue weighted by Gasteiger charge is -2.13. The molecule has 1 aliphatic rings. The molecule has 1 saturated heterocycles. The quantitative estimate of drug-likeness (QED) is 0.444. The number of nitrogens with one attached hydrogen (secondary N) is 3. The average Bonchev–Trinajstić information content (AvgIpc) is 3.19. The Morgan fingerprint density at radius 1 is 1.19 bits per heavy atom. The van der Waals surface area contributed by atoms with Crippen LogP contribution in [-0.2, 0) is 21.2 Å². The number of carbonyl (C=O) groups excluding carboxylic acids is 1. The highest BCUT2D eigenvalue weighted by molar-refractivity contribution is 7.89. The summed E-state index contributed by atoms with van der Waals surface area (Å²) < 4.78 is 31.7. The number of fused-ring (bicyclic) bond motifs is 1. The average molecular weight is 468 g/mol. The molecule has 0 radical (unpaired) electrons. The minimum absolute atomic E-state index is 0.122. The number of carboxylic acids is 1. The Morgan fingerprint density at radius 3 is 2.44 bits per heavy atom. The van der Waals surface area contributed by atoms with Crippen LogP contribution in [0.25, 0.3) is 11.0 Å². The maximum Gasteiger partial charge on any atom is 0.322 e. The van der Waals surface area contributed by atoms with Gasteiger partial charge in [0.15, 0.2) is 0 Å². The van der Waals surface area contributed by atoms with Gasteiger partial charge in [0.05, 0.1) is 5.75 Å².